The van der Waals surface area contributed by atoms with E-state index in [1.54, 1.807) is 0 Å². The van der Waals surface area contributed by atoms with Crippen molar-refractivity contribution in [2.75, 3.05) is 13.1 Å². The van der Waals surface area contributed by atoms with Gasteiger partial charge >= 0.3 is 0 Å². The van der Waals surface area contributed by atoms with Crippen molar-refractivity contribution in [1.29, 1.82) is 0 Å². The Morgan fingerprint density at radius 3 is 2.72 bits per heavy atom. The van der Waals surface area contributed by atoms with Crippen molar-refractivity contribution < 1.29 is 9.59 Å². The molecule has 29 heavy (non-hydrogen) atoms. The number of likely N-dealkylation sites (tertiary alicyclic amines) is 1. The number of piperidine rings is 1. The van der Waals surface area contributed by atoms with Crippen molar-refractivity contribution in [1.82, 2.24) is 15.2 Å². The van der Waals surface area contributed by atoms with Gasteiger partial charge in [0.05, 0.1) is 18.4 Å². The van der Waals surface area contributed by atoms with Crippen molar-refractivity contribution in [3.05, 3.63) is 71.9 Å². The van der Waals surface area contributed by atoms with Crippen LogP contribution in [0, 0.1) is 5.92 Å². The van der Waals surface area contributed by atoms with Crippen molar-refractivity contribution in [3.8, 4) is 0 Å². The number of para-hydroxylation sites is 1. The van der Waals surface area contributed by atoms with E-state index in [-0.39, 0.29) is 23.8 Å². The molecular weight excluding hydrogens is 362 g/mol. The molecule has 2 N–H and O–H groups in total. The first kappa shape index (κ1) is 19.2. The smallest absolute Gasteiger partial charge is 0.227 e. The molecule has 2 aromatic carbocycles. The maximum Gasteiger partial charge on any atom is 0.227 e. The average molecular weight is 389 g/mol. The van der Waals surface area contributed by atoms with E-state index in [4.69, 9.17) is 0 Å². The fourth-order valence-electron chi connectivity index (χ4n) is 4.13. The summed E-state index contributed by atoms with van der Waals surface area (Å²) < 4.78 is 0. The molecule has 4 rings (SSSR count). The van der Waals surface area contributed by atoms with Gasteiger partial charge in [-0.3, -0.25) is 9.59 Å². The van der Waals surface area contributed by atoms with Crippen molar-refractivity contribution in [2.24, 2.45) is 5.92 Å². The van der Waals surface area contributed by atoms with Crippen LogP contribution in [0.4, 0.5) is 0 Å². The number of aromatic nitrogens is 1. The van der Waals surface area contributed by atoms with Gasteiger partial charge in [0.2, 0.25) is 11.8 Å². The molecular formula is C24H27N3O2. The predicted octanol–water partition coefficient (Wildman–Crippen LogP) is 3.83. The highest BCUT2D eigenvalue weighted by molar-refractivity contribution is 5.89. The number of amides is 2. The minimum atomic E-state index is -0.151. The topological polar surface area (TPSA) is 65.2 Å². The second kappa shape index (κ2) is 8.52. The maximum atomic E-state index is 12.9. The summed E-state index contributed by atoms with van der Waals surface area (Å²) in [5.74, 6) is -0.0314. The molecule has 0 saturated carbocycles. The van der Waals surface area contributed by atoms with E-state index in [0.717, 1.165) is 41.4 Å². The fraction of sp³-hybridized carbons (Fsp3) is 0.333. The van der Waals surface area contributed by atoms with Gasteiger partial charge in [-0.25, -0.2) is 0 Å². The van der Waals surface area contributed by atoms with Gasteiger partial charge in [0.25, 0.3) is 0 Å². The summed E-state index contributed by atoms with van der Waals surface area (Å²) >= 11 is 0. The molecule has 0 aliphatic carbocycles. The molecule has 1 saturated heterocycles. The molecule has 5 heteroatoms. The van der Waals surface area contributed by atoms with E-state index in [0.29, 0.717) is 13.0 Å². The lowest BCUT2D eigenvalue weighted by Gasteiger charge is -2.32. The third kappa shape index (κ3) is 4.34. The molecule has 3 aromatic rings. The molecule has 1 aliphatic rings. The SMILES string of the molecule is C[C@H](NC(=O)[C@@H]1CCCN(C(=O)Cc2c[nH]c3ccccc23)C1)c1ccccc1. The molecule has 0 spiro atoms. The van der Waals surface area contributed by atoms with Crippen LogP contribution in [-0.4, -0.2) is 34.8 Å². The molecule has 2 amide bonds. The Hall–Kier alpha value is -3.08. The lowest BCUT2D eigenvalue weighted by molar-refractivity contribution is -0.135. The second-order valence-corrected chi connectivity index (χ2v) is 7.86. The van der Waals surface area contributed by atoms with Crippen LogP contribution >= 0.6 is 0 Å². The zero-order valence-corrected chi connectivity index (χ0v) is 16.7. The number of rotatable bonds is 5. The van der Waals surface area contributed by atoms with Crippen LogP contribution in [0.5, 0.6) is 0 Å². The second-order valence-electron chi connectivity index (χ2n) is 7.86. The van der Waals surface area contributed by atoms with Crippen LogP contribution in [0.15, 0.2) is 60.8 Å². The monoisotopic (exact) mass is 389 g/mol. The van der Waals surface area contributed by atoms with Crippen molar-refractivity contribution >= 4 is 22.7 Å². The number of hydrogen-bond donors (Lipinski definition) is 2. The summed E-state index contributed by atoms with van der Waals surface area (Å²) in [6.07, 6.45) is 3.96. The summed E-state index contributed by atoms with van der Waals surface area (Å²) in [5.41, 5.74) is 3.14. The zero-order valence-electron chi connectivity index (χ0n) is 16.7. The van der Waals surface area contributed by atoms with E-state index in [2.05, 4.69) is 10.3 Å². The maximum absolute atomic E-state index is 12.9. The molecule has 2 atom stereocenters. The van der Waals surface area contributed by atoms with E-state index in [9.17, 15) is 9.59 Å². The van der Waals surface area contributed by atoms with Crippen LogP contribution in [0.2, 0.25) is 0 Å². The van der Waals surface area contributed by atoms with Crippen molar-refractivity contribution in [2.45, 2.75) is 32.2 Å². The van der Waals surface area contributed by atoms with Gasteiger partial charge in [-0.05, 0) is 37.0 Å². The quantitative estimate of drug-likeness (QED) is 0.697. The van der Waals surface area contributed by atoms with Crippen LogP contribution < -0.4 is 5.32 Å². The van der Waals surface area contributed by atoms with E-state index >= 15 is 0 Å². The highest BCUT2D eigenvalue weighted by Crippen LogP contribution is 2.22. The number of fused-ring (bicyclic) bond motifs is 1. The minimum absolute atomic E-state index is 0.0333. The summed E-state index contributed by atoms with van der Waals surface area (Å²) in [7, 11) is 0. The number of carbonyl (C=O) groups excluding carboxylic acids is 2. The Bertz CT molecular complexity index is 996. The summed E-state index contributed by atoms with van der Waals surface area (Å²) in [5, 5.41) is 4.20. The molecule has 1 aliphatic heterocycles. The Kier molecular flexibility index (Phi) is 5.65. The Morgan fingerprint density at radius 1 is 1.14 bits per heavy atom. The lowest BCUT2D eigenvalue weighted by atomic mass is 9.95. The normalized spacial score (nSPS) is 17.8. The molecule has 150 valence electrons. The van der Waals surface area contributed by atoms with Crippen molar-refractivity contribution in [3.63, 3.8) is 0 Å². The number of H-pyrrole nitrogens is 1. The number of nitrogens with zero attached hydrogens (tertiary/aromatic N) is 1. The van der Waals surface area contributed by atoms with Crippen LogP contribution in [0.1, 0.15) is 36.9 Å². The summed E-state index contributed by atoms with van der Waals surface area (Å²) in [6.45, 7) is 3.21. The number of hydrogen-bond acceptors (Lipinski definition) is 2. The first-order valence-electron chi connectivity index (χ1n) is 10.3. The lowest BCUT2D eigenvalue weighted by Crippen LogP contribution is -2.46. The Morgan fingerprint density at radius 2 is 1.90 bits per heavy atom. The average Bonchev–Trinajstić information content (AvgIpc) is 3.17. The van der Waals surface area contributed by atoms with Gasteiger partial charge in [-0.15, -0.1) is 0 Å². The number of benzene rings is 2. The first-order chi connectivity index (χ1) is 14.1. The predicted molar refractivity (Wildman–Crippen MR) is 114 cm³/mol. The molecule has 0 radical (unpaired) electrons. The standard InChI is InChI=1S/C24H27N3O2/c1-17(18-8-3-2-4-9-18)26-24(29)19-10-7-13-27(16-19)23(28)14-20-15-25-22-12-6-5-11-21(20)22/h2-6,8-9,11-12,15,17,19,25H,7,10,13-14,16H2,1H3,(H,26,29)/t17-,19+/m0/s1. The third-order valence-corrected chi connectivity index (χ3v) is 5.82. The largest absolute Gasteiger partial charge is 0.361 e. The Labute approximate surface area is 171 Å². The van der Waals surface area contributed by atoms with Gasteiger partial charge in [0.15, 0.2) is 0 Å². The van der Waals surface area contributed by atoms with Crippen LogP contribution in [-0.2, 0) is 16.0 Å². The molecule has 5 nitrogen and oxygen atoms in total. The summed E-state index contributed by atoms with van der Waals surface area (Å²) in [4.78, 5) is 30.8. The number of aromatic amines is 1. The van der Waals surface area contributed by atoms with E-state index < -0.39 is 0 Å². The van der Waals surface area contributed by atoms with E-state index in [1.807, 2.05) is 72.6 Å². The van der Waals surface area contributed by atoms with Gasteiger partial charge in [0.1, 0.15) is 0 Å². The first-order valence-corrected chi connectivity index (χ1v) is 10.3. The van der Waals surface area contributed by atoms with Crippen LogP contribution in [0.25, 0.3) is 10.9 Å². The minimum Gasteiger partial charge on any atom is -0.361 e. The van der Waals surface area contributed by atoms with E-state index in [1.165, 1.54) is 0 Å². The Balaban J connectivity index is 1.37. The highest BCUT2D eigenvalue weighted by atomic mass is 16.2. The number of carbonyl (C=O) groups is 2. The molecule has 1 aromatic heterocycles. The molecule has 0 bridgehead atoms. The fourth-order valence-corrected chi connectivity index (χ4v) is 4.13. The van der Waals surface area contributed by atoms with Crippen LogP contribution in [0.3, 0.4) is 0 Å². The zero-order chi connectivity index (χ0) is 20.2. The van der Waals surface area contributed by atoms with Gasteiger partial charge < -0.3 is 15.2 Å². The molecule has 2 heterocycles. The number of nitrogens with one attached hydrogen (secondary N) is 2. The van der Waals surface area contributed by atoms with Gasteiger partial charge in [-0.1, -0.05) is 48.5 Å². The van der Waals surface area contributed by atoms with Gasteiger partial charge in [-0.2, -0.15) is 0 Å². The summed E-state index contributed by atoms with van der Waals surface area (Å²) in [6, 6.07) is 17.9. The molecule has 0 unspecified atom stereocenters. The molecule has 1 fully saturated rings. The van der Waals surface area contributed by atoms with Gasteiger partial charge in [0, 0.05) is 30.2 Å². The third-order valence-electron chi connectivity index (χ3n) is 5.82. The highest BCUT2D eigenvalue weighted by Gasteiger charge is 2.29.